The molecule has 0 saturated carbocycles. The molecular formula is C22H32O4. The second-order valence-electron chi connectivity index (χ2n) is 7.09. The predicted octanol–water partition coefficient (Wildman–Crippen LogP) is 5.36. The minimum Gasteiger partial charge on any atom is -0.457 e. The van der Waals surface area contributed by atoms with Crippen molar-refractivity contribution < 1.29 is 19.1 Å². The molecule has 0 unspecified atom stereocenters. The Bertz CT molecular complexity index is 540. The van der Waals surface area contributed by atoms with Crippen molar-refractivity contribution in [3.05, 3.63) is 67.8 Å². The minimum atomic E-state index is -0.398. The van der Waals surface area contributed by atoms with E-state index in [-0.39, 0.29) is 11.9 Å². The molecule has 0 atom stereocenters. The van der Waals surface area contributed by atoms with Crippen LogP contribution in [0.1, 0.15) is 47.1 Å². The van der Waals surface area contributed by atoms with Crippen LogP contribution in [0.15, 0.2) is 62.2 Å². The van der Waals surface area contributed by atoms with Gasteiger partial charge >= 0.3 is 11.9 Å². The molecule has 0 spiro atoms. The van der Waals surface area contributed by atoms with E-state index in [9.17, 15) is 9.59 Å². The van der Waals surface area contributed by atoms with E-state index in [2.05, 4.69) is 19.7 Å². The summed E-state index contributed by atoms with van der Waals surface area (Å²) in [7, 11) is 0. The SMILES string of the molecule is C=CC(=O)OC(C)(C)C.C=CC(=O)OC(C)(C)C.C=Cc1ccccc1. The number of hydrogen-bond donors (Lipinski definition) is 0. The van der Waals surface area contributed by atoms with Gasteiger partial charge in [0.25, 0.3) is 0 Å². The Morgan fingerprint density at radius 3 is 1.27 bits per heavy atom. The van der Waals surface area contributed by atoms with Crippen LogP contribution in [0.25, 0.3) is 6.08 Å². The fourth-order valence-corrected chi connectivity index (χ4v) is 1.28. The van der Waals surface area contributed by atoms with Crippen molar-refractivity contribution >= 4 is 18.0 Å². The van der Waals surface area contributed by atoms with E-state index in [0.717, 1.165) is 12.2 Å². The lowest BCUT2D eigenvalue weighted by Crippen LogP contribution is -2.22. The van der Waals surface area contributed by atoms with Crippen LogP contribution in [0.4, 0.5) is 0 Å². The van der Waals surface area contributed by atoms with Crippen LogP contribution in [0.5, 0.6) is 0 Å². The van der Waals surface area contributed by atoms with Crippen LogP contribution < -0.4 is 0 Å². The maximum atomic E-state index is 10.5. The third-order valence-electron chi connectivity index (χ3n) is 2.18. The Balaban J connectivity index is 0. The Morgan fingerprint density at radius 1 is 0.769 bits per heavy atom. The van der Waals surface area contributed by atoms with Gasteiger partial charge < -0.3 is 9.47 Å². The zero-order valence-corrected chi connectivity index (χ0v) is 16.9. The summed E-state index contributed by atoms with van der Waals surface area (Å²) in [5.74, 6) is -0.745. The molecule has 4 nitrogen and oxygen atoms in total. The molecule has 0 heterocycles. The van der Waals surface area contributed by atoms with Gasteiger partial charge in [-0.2, -0.15) is 0 Å². The van der Waals surface area contributed by atoms with Gasteiger partial charge in [0.1, 0.15) is 11.2 Å². The Morgan fingerprint density at radius 2 is 1.12 bits per heavy atom. The highest BCUT2D eigenvalue weighted by molar-refractivity contribution is 5.81. The average molecular weight is 360 g/mol. The standard InChI is InChI=1S/C8H8.2C7H12O2/c1-2-8-6-4-3-5-7-8;2*1-5-6(8)9-7(2,3)4/h2-7H,1H2;2*5H,1H2,2-4H3. The molecule has 0 aliphatic rings. The molecule has 0 aliphatic carbocycles. The zero-order valence-electron chi connectivity index (χ0n) is 16.9. The highest BCUT2D eigenvalue weighted by Crippen LogP contribution is 2.07. The van der Waals surface area contributed by atoms with Crippen LogP contribution in [0.2, 0.25) is 0 Å². The van der Waals surface area contributed by atoms with Crippen molar-refractivity contribution in [2.24, 2.45) is 0 Å². The molecule has 1 aromatic carbocycles. The van der Waals surface area contributed by atoms with E-state index in [1.165, 1.54) is 5.56 Å². The van der Waals surface area contributed by atoms with Gasteiger partial charge in [0.05, 0.1) is 0 Å². The van der Waals surface area contributed by atoms with E-state index in [1.807, 2.05) is 78.0 Å². The van der Waals surface area contributed by atoms with Crippen molar-refractivity contribution in [2.75, 3.05) is 0 Å². The minimum absolute atomic E-state index is 0.373. The third-order valence-corrected chi connectivity index (χ3v) is 2.18. The molecule has 144 valence electrons. The average Bonchev–Trinajstić information content (AvgIpc) is 2.53. The number of rotatable bonds is 3. The summed E-state index contributed by atoms with van der Waals surface area (Å²) in [5, 5.41) is 0. The van der Waals surface area contributed by atoms with E-state index in [1.54, 1.807) is 0 Å². The zero-order chi connectivity index (χ0) is 20.8. The molecule has 0 radical (unpaired) electrons. The van der Waals surface area contributed by atoms with Crippen molar-refractivity contribution in [3.63, 3.8) is 0 Å². The second-order valence-corrected chi connectivity index (χ2v) is 7.09. The summed E-state index contributed by atoms with van der Waals surface area (Å²) in [6.45, 7) is 21.1. The van der Waals surface area contributed by atoms with Crippen molar-refractivity contribution in [1.82, 2.24) is 0 Å². The molecule has 1 aromatic rings. The normalized spacial score (nSPS) is 9.92. The molecular weight excluding hydrogens is 328 g/mol. The molecule has 0 bridgehead atoms. The molecule has 0 N–H and O–H groups in total. The van der Waals surface area contributed by atoms with E-state index < -0.39 is 11.2 Å². The lowest BCUT2D eigenvalue weighted by atomic mass is 10.2. The quantitative estimate of drug-likeness (QED) is 0.538. The number of carbonyl (C=O) groups is 2. The maximum Gasteiger partial charge on any atom is 0.330 e. The Kier molecular flexibility index (Phi) is 12.5. The van der Waals surface area contributed by atoms with Crippen molar-refractivity contribution in [1.29, 1.82) is 0 Å². The van der Waals surface area contributed by atoms with Gasteiger partial charge in [0.2, 0.25) is 0 Å². The highest BCUT2D eigenvalue weighted by Gasteiger charge is 2.13. The lowest BCUT2D eigenvalue weighted by molar-refractivity contribution is -0.149. The summed E-state index contributed by atoms with van der Waals surface area (Å²) in [4.78, 5) is 21.0. The first kappa shape index (κ1) is 25.6. The highest BCUT2D eigenvalue weighted by atomic mass is 16.6. The first-order chi connectivity index (χ1) is 11.8. The van der Waals surface area contributed by atoms with Gasteiger partial charge in [-0.1, -0.05) is 56.1 Å². The molecule has 0 fully saturated rings. The first-order valence-electron chi connectivity index (χ1n) is 8.23. The van der Waals surface area contributed by atoms with Gasteiger partial charge in [-0.15, -0.1) is 0 Å². The largest absolute Gasteiger partial charge is 0.457 e. The number of esters is 2. The Hall–Kier alpha value is -2.62. The van der Waals surface area contributed by atoms with E-state index >= 15 is 0 Å². The summed E-state index contributed by atoms with van der Waals surface area (Å²) >= 11 is 0. The maximum absolute atomic E-state index is 10.5. The summed E-state index contributed by atoms with van der Waals surface area (Å²) in [5.41, 5.74) is 0.379. The molecule has 0 aliphatic heterocycles. The van der Waals surface area contributed by atoms with Gasteiger partial charge in [0, 0.05) is 12.2 Å². The van der Waals surface area contributed by atoms with Gasteiger partial charge in [-0.05, 0) is 47.1 Å². The van der Waals surface area contributed by atoms with Crippen molar-refractivity contribution in [3.8, 4) is 0 Å². The molecule has 0 aromatic heterocycles. The van der Waals surface area contributed by atoms with E-state index in [4.69, 9.17) is 9.47 Å². The van der Waals surface area contributed by atoms with Crippen LogP contribution in [-0.2, 0) is 19.1 Å². The predicted molar refractivity (Wildman–Crippen MR) is 109 cm³/mol. The van der Waals surface area contributed by atoms with Gasteiger partial charge in [-0.3, -0.25) is 0 Å². The molecule has 4 heteroatoms. The number of ether oxygens (including phenoxy) is 2. The monoisotopic (exact) mass is 360 g/mol. The fourth-order valence-electron chi connectivity index (χ4n) is 1.28. The van der Waals surface area contributed by atoms with Gasteiger partial charge in [0.15, 0.2) is 0 Å². The molecule has 26 heavy (non-hydrogen) atoms. The topological polar surface area (TPSA) is 52.6 Å². The molecule has 1 rings (SSSR count). The Labute approximate surface area is 158 Å². The van der Waals surface area contributed by atoms with Crippen LogP contribution in [0.3, 0.4) is 0 Å². The third kappa shape index (κ3) is 19.4. The fraction of sp³-hybridized carbons (Fsp3) is 0.364. The first-order valence-corrected chi connectivity index (χ1v) is 8.23. The summed E-state index contributed by atoms with van der Waals surface area (Å²) in [6, 6.07) is 10.0. The van der Waals surface area contributed by atoms with E-state index in [0.29, 0.717) is 0 Å². The lowest BCUT2D eigenvalue weighted by Gasteiger charge is -2.17. The number of benzene rings is 1. The smallest absolute Gasteiger partial charge is 0.330 e. The number of hydrogen-bond acceptors (Lipinski definition) is 4. The molecule has 0 saturated heterocycles. The van der Waals surface area contributed by atoms with Gasteiger partial charge in [-0.25, -0.2) is 9.59 Å². The molecule has 0 amide bonds. The summed E-state index contributed by atoms with van der Waals surface area (Å²) < 4.78 is 9.66. The van der Waals surface area contributed by atoms with Crippen molar-refractivity contribution in [2.45, 2.75) is 52.7 Å². The van der Waals surface area contributed by atoms with Crippen LogP contribution in [0, 0.1) is 0 Å². The van der Waals surface area contributed by atoms with Crippen LogP contribution in [-0.4, -0.2) is 23.1 Å². The second kappa shape index (κ2) is 12.7. The van der Waals surface area contributed by atoms with Crippen LogP contribution >= 0.6 is 0 Å². The number of carbonyl (C=O) groups excluding carboxylic acids is 2. The summed E-state index contributed by atoms with van der Waals surface area (Å²) in [6.07, 6.45) is 4.15.